The number of methoxy groups -OCH3 is 1. The monoisotopic (exact) mass is 305 g/mol. The largest absolute Gasteiger partial charge is 0.383 e. The summed E-state index contributed by atoms with van der Waals surface area (Å²) in [6.45, 7) is 6.46. The molecule has 0 spiro atoms. The van der Waals surface area contributed by atoms with Crippen LogP contribution in [0.3, 0.4) is 0 Å². The fraction of sp³-hybridized carbons (Fsp3) is 0.750. The van der Waals surface area contributed by atoms with Gasteiger partial charge in [0.1, 0.15) is 4.88 Å². The first-order valence-electron chi connectivity index (χ1n) is 6.08. The topological polar surface area (TPSA) is 64.1 Å². The van der Waals surface area contributed by atoms with E-state index in [1.54, 1.807) is 7.11 Å². The van der Waals surface area contributed by atoms with Gasteiger partial charge in [-0.3, -0.25) is 4.79 Å². The molecule has 7 heteroatoms. The Morgan fingerprint density at radius 3 is 2.74 bits per heavy atom. The molecule has 0 aliphatic carbocycles. The molecule has 1 rings (SSSR count). The number of halogens is 1. The highest BCUT2D eigenvalue weighted by atomic mass is 35.5. The van der Waals surface area contributed by atoms with Crippen molar-refractivity contribution in [1.29, 1.82) is 0 Å². The molecule has 1 amide bonds. The molecule has 108 valence electrons. The number of carbonyl (C=O) groups excluding carboxylic acids is 1. The summed E-state index contributed by atoms with van der Waals surface area (Å²) in [5.74, 6) is 0.313. The van der Waals surface area contributed by atoms with Gasteiger partial charge in [0.25, 0.3) is 5.91 Å². The second-order valence-corrected chi connectivity index (χ2v) is 6.44. The molecule has 0 aromatic carbocycles. The Kier molecular flexibility index (Phi) is 6.16. The summed E-state index contributed by atoms with van der Waals surface area (Å²) >= 11 is 6.83. The summed E-state index contributed by atoms with van der Waals surface area (Å²) in [6, 6.07) is -0.0927. The van der Waals surface area contributed by atoms with Crippen LogP contribution in [0.25, 0.3) is 0 Å². The second-order valence-electron chi connectivity index (χ2n) is 5.30. The number of hydrogen-bond acceptors (Lipinski definition) is 5. The van der Waals surface area contributed by atoms with Gasteiger partial charge in [-0.25, -0.2) is 0 Å². The minimum absolute atomic E-state index is 0.0927. The summed E-state index contributed by atoms with van der Waals surface area (Å²) in [5.41, 5.74) is 0.514. The second kappa shape index (κ2) is 7.17. The minimum Gasteiger partial charge on any atom is -0.383 e. The van der Waals surface area contributed by atoms with E-state index in [0.717, 1.165) is 17.2 Å². The van der Waals surface area contributed by atoms with Crippen LogP contribution < -0.4 is 5.32 Å². The van der Waals surface area contributed by atoms with Crippen molar-refractivity contribution in [3.05, 3.63) is 10.6 Å². The van der Waals surface area contributed by atoms with Crippen LogP contribution in [0.15, 0.2) is 0 Å². The Labute approximate surface area is 122 Å². The van der Waals surface area contributed by atoms with E-state index in [-0.39, 0.29) is 17.4 Å². The number of amides is 1. The highest BCUT2D eigenvalue weighted by Crippen LogP contribution is 2.25. The minimum atomic E-state index is -0.205. The van der Waals surface area contributed by atoms with Gasteiger partial charge in [0.05, 0.1) is 18.3 Å². The summed E-state index contributed by atoms with van der Waals surface area (Å²) in [5, 5.41) is 6.97. The number of aromatic nitrogens is 2. The van der Waals surface area contributed by atoms with Crippen molar-refractivity contribution in [3.8, 4) is 0 Å². The van der Waals surface area contributed by atoms with Crippen LogP contribution in [0, 0.1) is 0 Å². The Hall–Kier alpha value is -0.720. The Balaban J connectivity index is 2.80. The average molecular weight is 306 g/mol. The van der Waals surface area contributed by atoms with Gasteiger partial charge in [-0.15, -0.1) is 16.7 Å². The van der Waals surface area contributed by atoms with Crippen molar-refractivity contribution in [1.82, 2.24) is 14.9 Å². The zero-order chi connectivity index (χ0) is 14.5. The fourth-order valence-corrected chi connectivity index (χ4v) is 2.65. The van der Waals surface area contributed by atoms with Crippen molar-refractivity contribution in [2.24, 2.45) is 0 Å². The maximum atomic E-state index is 12.3. The number of nitrogens with zero attached hydrogens (tertiary/aromatic N) is 2. The molecule has 0 fully saturated rings. The van der Waals surface area contributed by atoms with E-state index < -0.39 is 0 Å². The molecule has 1 N–H and O–H groups in total. The molecule has 0 saturated carbocycles. The fourth-order valence-electron chi connectivity index (χ4n) is 1.61. The van der Waals surface area contributed by atoms with Gasteiger partial charge in [0, 0.05) is 18.4 Å². The van der Waals surface area contributed by atoms with Gasteiger partial charge in [-0.1, -0.05) is 25.3 Å². The van der Waals surface area contributed by atoms with Crippen LogP contribution in [0.5, 0.6) is 0 Å². The third kappa shape index (κ3) is 4.71. The molecule has 1 aromatic heterocycles. The normalized spacial score (nSPS) is 13.3. The molecule has 1 atom stereocenters. The Bertz CT molecular complexity index is 411. The molecule has 19 heavy (non-hydrogen) atoms. The Morgan fingerprint density at radius 2 is 2.21 bits per heavy atom. The molecule has 0 saturated heterocycles. The number of rotatable bonds is 6. The average Bonchev–Trinajstić information content (AvgIpc) is 2.78. The van der Waals surface area contributed by atoms with Crippen molar-refractivity contribution < 1.29 is 9.53 Å². The molecular weight excluding hydrogens is 286 g/mol. The standard InChI is InChI=1S/C12H20ClN3O2S/c1-12(2,3)10-9(19-16-15-10)11(17)14-8(5-6-13)7-18-4/h8H,5-7H2,1-4H3,(H,14,17). The van der Waals surface area contributed by atoms with Gasteiger partial charge in [-0.05, 0) is 18.0 Å². The van der Waals surface area contributed by atoms with Gasteiger partial charge >= 0.3 is 0 Å². The van der Waals surface area contributed by atoms with E-state index in [0.29, 0.717) is 23.8 Å². The lowest BCUT2D eigenvalue weighted by Gasteiger charge is -2.19. The predicted molar refractivity (Wildman–Crippen MR) is 77.1 cm³/mol. The lowest BCUT2D eigenvalue weighted by atomic mass is 9.91. The van der Waals surface area contributed by atoms with E-state index in [1.807, 2.05) is 20.8 Å². The van der Waals surface area contributed by atoms with Crippen molar-refractivity contribution in [2.75, 3.05) is 19.6 Å². The summed E-state index contributed by atoms with van der Waals surface area (Å²) in [4.78, 5) is 12.8. The molecule has 0 aliphatic heterocycles. The summed E-state index contributed by atoms with van der Waals surface area (Å²) in [7, 11) is 1.60. The van der Waals surface area contributed by atoms with E-state index in [1.165, 1.54) is 0 Å². The smallest absolute Gasteiger partial charge is 0.265 e. The summed E-state index contributed by atoms with van der Waals surface area (Å²) in [6.07, 6.45) is 0.665. The maximum absolute atomic E-state index is 12.3. The number of carbonyl (C=O) groups is 1. The quantitative estimate of drug-likeness (QED) is 0.818. The zero-order valence-corrected chi connectivity index (χ0v) is 13.3. The highest BCUT2D eigenvalue weighted by Gasteiger charge is 2.27. The number of alkyl halides is 1. The van der Waals surface area contributed by atoms with Gasteiger partial charge in [0.15, 0.2) is 0 Å². The van der Waals surface area contributed by atoms with Crippen LogP contribution in [0.2, 0.25) is 0 Å². The molecular formula is C12H20ClN3O2S. The molecule has 1 unspecified atom stereocenters. The third-order valence-corrected chi connectivity index (χ3v) is 3.51. The van der Waals surface area contributed by atoms with Crippen LogP contribution in [-0.4, -0.2) is 41.1 Å². The lowest BCUT2D eigenvalue weighted by molar-refractivity contribution is 0.0897. The summed E-state index contributed by atoms with van der Waals surface area (Å²) < 4.78 is 8.95. The number of ether oxygens (including phenoxy) is 1. The lowest BCUT2D eigenvalue weighted by Crippen LogP contribution is -2.38. The van der Waals surface area contributed by atoms with Crippen LogP contribution >= 0.6 is 23.1 Å². The first-order valence-corrected chi connectivity index (χ1v) is 7.39. The molecule has 5 nitrogen and oxygen atoms in total. The van der Waals surface area contributed by atoms with Crippen LogP contribution in [0.1, 0.15) is 42.6 Å². The van der Waals surface area contributed by atoms with E-state index in [2.05, 4.69) is 14.9 Å². The predicted octanol–water partition coefficient (Wildman–Crippen LogP) is 2.21. The maximum Gasteiger partial charge on any atom is 0.265 e. The van der Waals surface area contributed by atoms with Crippen LogP contribution in [0.4, 0.5) is 0 Å². The van der Waals surface area contributed by atoms with Crippen molar-refractivity contribution in [3.63, 3.8) is 0 Å². The van der Waals surface area contributed by atoms with Gasteiger partial charge in [0.2, 0.25) is 0 Å². The molecule has 1 heterocycles. The van der Waals surface area contributed by atoms with Crippen molar-refractivity contribution >= 4 is 29.0 Å². The third-order valence-electron chi connectivity index (χ3n) is 2.57. The van der Waals surface area contributed by atoms with Crippen LogP contribution in [-0.2, 0) is 10.2 Å². The van der Waals surface area contributed by atoms with Crippen molar-refractivity contribution in [2.45, 2.75) is 38.6 Å². The Morgan fingerprint density at radius 1 is 1.53 bits per heavy atom. The number of hydrogen-bond donors (Lipinski definition) is 1. The van der Waals surface area contributed by atoms with Gasteiger partial charge in [-0.2, -0.15) is 0 Å². The first kappa shape index (κ1) is 16.3. The van der Waals surface area contributed by atoms with E-state index in [4.69, 9.17) is 16.3 Å². The highest BCUT2D eigenvalue weighted by molar-refractivity contribution is 7.08. The molecule has 0 radical (unpaired) electrons. The molecule has 0 bridgehead atoms. The van der Waals surface area contributed by atoms with E-state index in [9.17, 15) is 4.79 Å². The van der Waals surface area contributed by atoms with E-state index >= 15 is 0 Å². The van der Waals surface area contributed by atoms with Gasteiger partial charge < -0.3 is 10.1 Å². The first-order chi connectivity index (χ1) is 8.90. The molecule has 1 aromatic rings. The zero-order valence-electron chi connectivity index (χ0n) is 11.7. The molecule has 0 aliphatic rings. The SMILES string of the molecule is COCC(CCCl)NC(=O)c1snnc1C(C)(C)C. The number of nitrogens with one attached hydrogen (secondary N) is 1.